The number of carbonyl (C=O) groups is 2. The third-order valence-electron chi connectivity index (χ3n) is 4.35. The van der Waals surface area contributed by atoms with Gasteiger partial charge in [-0.05, 0) is 13.8 Å². The third-order valence-corrected chi connectivity index (χ3v) is 5.41. The van der Waals surface area contributed by atoms with E-state index in [9.17, 15) is 4.79 Å². The van der Waals surface area contributed by atoms with Crippen molar-refractivity contribution in [3.8, 4) is 0 Å². The molecule has 4 rings (SSSR count). The van der Waals surface area contributed by atoms with Crippen molar-refractivity contribution in [2.24, 2.45) is 7.05 Å². The average Bonchev–Trinajstić information content (AvgIpc) is 3.34. The first-order chi connectivity index (χ1) is 12.9. The standard InChI is InChI=1S/C16H18N6OS.CH2O2/c1-9-15(24-10(2)20-9)16(23)22-6-12(11-4-19-21(3)5-11)14-13(7-22)17-8-18-14;2-1-3/h4-5,8,12H,6-7H2,1-3H3,(H,17,18);1H,(H,2,3). The number of amides is 1. The topological polar surface area (TPSA) is 117 Å². The van der Waals surface area contributed by atoms with Crippen LogP contribution in [0.5, 0.6) is 0 Å². The van der Waals surface area contributed by atoms with Crippen LogP contribution in [0.15, 0.2) is 18.7 Å². The molecule has 0 saturated carbocycles. The van der Waals surface area contributed by atoms with E-state index in [1.165, 1.54) is 11.3 Å². The number of nitrogens with zero attached hydrogens (tertiary/aromatic N) is 5. The Morgan fingerprint density at radius 2 is 2.19 bits per heavy atom. The van der Waals surface area contributed by atoms with E-state index in [0.717, 1.165) is 32.5 Å². The van der Waals surface area contributed by atoms with Crippen LogP contribution in [0.2, 0.25) is 0 Å². The molecule has 3 aromatic rings. The molecule has 1 amide bonds. The molecule has 1 unspecified atom stereocenters. The van der Waals surface area contributed by atoms with Gasteiger partial charge in [-0.25, -0.2) is 9.97 Å². The van der Waals surface area contributed by atoms with E-state index < -0.39 is 0 Å². The SMILES string of the molecule is Cc1nc(C)c(C(=O)N2Cc3[nH]cnc3C(c3cnn(C)c3)C2)s1.O=CO. The summed E-state index contributed by atoms with van der Waals surface area (Å²) in [4.78, 5) is 36.0. The van der Waals surface area contributed by atoms with Crippen LogP contribution in [0, 0.1) is 13.8 Å². The molecule has 1 aliphatic heterocycles. The highest BCUT2D eigenvalue weighted by Gasteiger charge is 2.33. The second kappa shape index (κ2) is 7.70. The summed E-state index contributed by atoms with van der Waals surface area (Å²) in [5, 5.41) is 12.1. The lowest BCUT2D eigenvalue weighted by Gasteiger charge is -2.31. The van der Waals surface area contributed by atoms with E-state index in [2.05, 4.69) is 20.1 Å². The molecule has 0 spiro atoms. The van der Waals surface area contributed by atoms with Crippen LogP contribution in [-0.4, -0.2) is 53.7 Å². The summed E-state index contributed by atoms with van der Waals surface area (Å²) in [5.74, 6) is 0.0687. The van der Waals surface area contributed by atoms with Gasteiger partial charge in [0.2, 0.25) is 0 Å². The van der Waals surface area contributed by atoms with Gasteiger partial charge in [-0.1, -0.05) is 0 Å². The number of aromatic nitrogens is 5. The molecule has 0 aliphatic carbocycles. The quantitative estimate of drug-likeness (QED) is 0.646. The monoisotopic (exact) mass is 388 g/mol. The molecule has 4 heterocycles. The van der Waals surface area contributed by atoms with Gasteiger partial charge in [-0.3, -0.25) is 14.3 Å². The fourth-order valence-corrected chi connectivity index (χ4v) is 4.12. The molecule has 1 atom stereocenters. The molecule has 1 aliphatic rings. The van der Waals surface area contributed by atoms with Crippen LogP contribution in [0.4, 0.5) is 0 Å². The summed E-state index contributed by atoms with van der Waals surface area (Å²) >= 11 is 1.46. The van der Waals surface area contributed by atoms with Crippen molar-refractivity contribution in [3.05, 3.63) is 51.3 Å². The molecule has 3 aromatic heterocycles. The van der Waals surface area contributed by atoms with E-state index in [4.69, 9.17) is 9.90 Å². The first kappa shape index (κ1) is 18.8. The number of rotatable bonds is 2. The van der Waals surface area contributed by atoms with Crippen molar-refractivity contribution in [1.82, 2.24) is 29.6 Å². The summed E-state index contributed by atoms with van der Waals surface area (Å²) in [6.07, 6.45) is 5.53. The van der Waals surface area contributed by atoms with Crippen molar-refractivity contribution in [2.75, 3.05) is 6.54 Å². The van der Waals surface area contributed by atoms with Gasteiger partial charge in [-0.2, -0.15) is 5.10 Å². The van der Waals surface area contributed by atoms with Gasteiger partial charge in [0.1, 0.15) is 4.88 Å². The Kier molecular flexibility index (Phi) is 5.36. The average molecular weight is 388 g/mol. The Balaban J connectivity index is 0.000000659. The van der Waals surface area contributed by atoms with E-state index in [1.54, 1.807) is 11.0 Å². The first-order valence-electron chi connectivity index (χ1n) is 8.26. The Hall–Kier alpha value is -3.01. The second-order valence-electron chi connectivity index (χ2n) is 6.20. The first-order valence-corrected chi connectivity index (χ1v) is 9.08. The lowest BCUT2D eigenvalue weighted by molar-refractivity contribution is -0.122. The zero-order chi connectivity index (χ0) is 19.6. The van der Waals surface area contributed by atoms with Gasteiger partial charge in [0, 0.05) is 31.3 Å². The van der Waals surface area contributed by atoms with Crippen LogP contribution in [-0.2, 0) is 18.4 Å². The fraction of sp³-hybridized carbons (Fsp3) is 0.353. The van der Waals surface area contributed by atoms with Gasteiger partial charge in [0.25, 0.3) is 12.4 Å². The molecule has 0 radical (unpaired) electrons. The molecule has 0 aromatic carbocycles. The number of imidazole rings is 1. The number of fused-ring (bicyclic) bond motifs is 1. The number of hydrogen-bond acceptors (Lipinski definition) is 6. The summed E-state index contributed by atoms with van der Waals surface area (Å²) < 4.78 is 1.78. The molecule has 0 saturated heterocycles. The molecule has 10 heteroatoms. The van der Waals surface area contributed by atoms with Crippen LogP contribution >= 0.6 is 11.3 Å². The maximum atomic E-state index is 13.0. The van der Waals surface area contributed by atoms with Crippen molar-refractivity contribution >= 4 is 23.7 Å². The molecule has 27 heavy (non-hydrogen) atoms. The number of carboxylic acid groups (broad SMARTS) is 1. The van der Waals surface area contributed by atoms with Gasteiger partial charge < -0.3 is 15.0 Å². The van der Waals surface area contributed by atoms with Gasteiger partial charge in [0.05, 0.1) is 41.2 Å². The van der Waals surface area contributed by atoms with E-state index in [-0.39, 0.29) is 18.3 Å². The summed E-state index contributed by atoms with van der Waals surface area (Å²) in [7, 11) is 1.89. The Labute approximate surface area is 159 Å². The van der Waals surface area contributed by atoms with Crippen molar-refractivity contribution in [2.45, 2.75) is 26.3 Å². The predicted octanol–water partition coefficient (Wildman–Crippen LogP) is 1.71. The number of thiazole rings is 1. The Morgan fingerprint density at radius 1 is 1.44 bits per heavy atom. The van der Waals surface area contributed by atoms with Crippen LogP contribution in [0.3, 0.4) is 0 Å². The number of carbonyl (C=O) groups excluding carboxylic acids is 1. The number of aryl methyl sites for hydroxylation is 3. The molecular weight excluding hydrogens is 368 g/mol. The highest BCUT2D eigenvalue weighted by atomic mass is 32.1. The number of H-pyrrole nitrogens is 1. The summed E-state index contributed by atoms with van der Waals surface area (Å²) in [6, 6.07) is 0. The normalized spacial score (nSPS) is 15.7. The van der Waals surface area contributed by atoms with Crippen LogP contribution in [0.25, 0.3) is 0 Å². The van der Waals surface area contributed by atoms with E-state index in [1.807, 2.05) is 38.2 Å². The van der Waals surface area contributed by atoms with Crippen LogP contribution in [0.1, 0.15) is 43.2 Å². The zero-order valence-electron chi connectivity index (χ0n) is 15.2. The zero-order valence-corrected chi connectivity index (χ0v) is 16.0. The molecule has 0 bridgehead atoms. The van der Waals surface area contributed by atoms with Gasteiger partial charge in [-0.15, -0.1) is 11.3 Å². The smallest absolute Gasteiger partial charge is 0.290 e. The van der Waals surface area contributed by atoms with Crippen LogP contribution < -0.4 is 0 Å². The lowest BCUT2D eigenvalue weighted by Crippen LogP contribution is -2.38. The highest BCUT2D eigenvalue weighted by molar-refractivity contribution is 7.13. The molecule has 9 nitrogen and oxygen atoms in total. The van der Waals surface area contributed by atoms with Gasteiger partial charge >= 0.3 is 0 Å². The molecule has 2 N–H and O–H groups in total. The number of nitrogens with one attached hydrogen (secondary N) is 1. The number of hydrogen-bond donors (Lipinski definition) is 2. The molecule has 142 valence electrons. The summed E-state index contributed by atoms with van der Waals surface area (Å²) in [5.41, 5.74) is 3.86. The van der Waals surface area contributed by atoms with Crippen molar-refractivity contribution < 1.29 is 14.7 Å². The van der Waals surface area contributed by atoms with E-state index >= 15 is 0 Å². The third kappa shape index (κ3) is 3.75. The molecular formula is C17H20N6O3S. The number of aromatic amines is 1. The molecule has 0 fully saturated rings. The largest absolute Gasteiger partial charge is 0.483 e. The lowest BCUT2D eigenvalue weighted by atomic mass is 9.93. The maximum Gasteiger partial charge on any atom is 0.290 e. The van der Waals surface area contributed by atoms with E-state index in [0.29, 0.717) is 13.1 Å². The summed E-state index contributed by atoms with van der Waals surface area (Å²) in [6.45, 7) is 4.71. The second-order valence-corrected chi connectivity index (χ2v) is 7.41. The minimum atomic E-state index is -0.250. The minimum absolute atomic E-state index is 0.0342. The predicted molar refractivity (Wildman–Crippen MR) is 98.7 cm³/mol. The minimum Gasteiger partial charge on any atom is -0.483 e. The van der Waals surface area contributed by atoms with Gasteiger partial charge in [0.15, 0.2) is 0 Å². The Bertz CT molecular complexity index is 960. The highest BCUT2D eigenvalue weighted by Crippen LogP contribution is 2.32. The van der Waals surface area contributed by atoms with Crippen molar-refractivity contribution in [3.63, 3.8) is 0 Å². The fourth-order valence-electron chi connectivity index (χ4n) is 3.23. The maximum absolute atomic E-state index is 13.0. The van der Waals surface area contributed by atoms with Crippen molar-refractivity contribution in [1.29, 1.82) is 0 Å². The Morgan fingerprint density at radius 3 is 2.78 bits per heavy atom.